The Hall–Kier alpha value is -1.91. The van der Waals surface area contributed by atoms with Gasteiger partial charge in [-0.2, -0.15) is 5.10 Å². The predicted octanol–water partition coefficient (Wildman–Crippen LogP) is 1.30. The summed E-state index contributed by atoms with van der Waals surface area (Å²) < 4.78 is 0. The number of hydrogen-bond donors (Lipinski definition) is 2. The van der Waals surface area contributed by atoms with Crippen molar-refractivity contribution in [2.75, 3.05) is 5.32 Å². The quantitative estimate of drug-likeness (QED) is 0.810. The van der Waals surface area contributed by atoms with Gasteiger partial charge >= 0.3 is 0 Å². The highest BCUT2D eigenvalue weighted by Gasteiger charge is 2.12. The first-order valence-corrected chi connectivity index (χ1v) is 5.49. The summed E-state index contributed by atoms with van der Waals surface area (Å²) in [5.74, 6) is 1.74. The Morgan fingerprint density at radius 1 is 1.31 bits per heavy atom. The predicted molar refractivity (Wildman–Crippen MR) is 60.0 cm³/mol. The zero-order valence-corrected chi connectivity index (χ0v) is 8.90. The number of aromatic nitrogens is 4. The lowest BCUT2D eigenvalue weighted by atomic mass is 10.2. The molecule has 1 aliphatic rings. The molecule has 0 atom stereocenters. The summed E-state index contributed by atoms with van der Waals surface area (Å²) >= 11 is 0. The second kappa shape index (κ2) is 3.92. The molecule has 2 aromatic rings. The van der Waals surface area contributed by atoms with E-state index in [-0.39, 0.29) is 0 Å². The van der Waals surface area contributed by atoms with Crippen LogP contribution in [-0.2, 0) is 19.4 Å². The maximum absolute atomic E-state index is 4.58. The lowest BCUT2D eigenvalue weighted by Gasteiger charge is -2.05. The molecule has 5 nitrogen and oxygen atoms in total. The van der Waals surface area contributed by atoms with Crippen molar-refractivity contribution in [3.05, 3.63) is 35.5 Å². The van der Waals surface area contributed by atoms with Crippen LogP contribution in [0.4, 0.5) is 5.82 Å². The van der Waals surface area contributed by atoms with Gasteiger partial charge in [-0.1, -0.05) is 6.07 Å². The third-order valence-corrected chi connectivity index (χ3v) is 2.83. The zero-order valence-electron chi connectivity index (χ0n) is 8.90. The van der Waals surface area contributed by atoms with Crippen LogP contribution < -0.4 is 5.32 Å². The van der Waals surface area contributed by atoms with Crippen LogP contribution in [0.3, 0.4) is 0 Å². The fourth-order valence-corrected chi connectivity index (χ4v) is 2.01. The van der Waals surface area contributed by atoms with Crippen LogP contribution in [0.1, 0.15) is 23.5 Å². The first-order valence-electron chi connectivity index (χ1n) is 5.49. The van der Waals surface area contributed by atoms with Gasteiger partial charge in [-0.25, -0.2) is 9.97 Å². The molecule has 0 fully saturated rings. The Morgan fingerprint density at radius 2 is 2.31 bits per heavy atom. The summed E-state index contributed by atoms with van der Waals surface area (Å²) in [7, 11) is 0. The lowest BCUT2D eigenvalue weighted by molar-refractivity contribution is 0.897. The Bertz CT molecular complexity index is 477. The lowest BCUT2D eigenvalue weighted by Crippen LogP contribution is -2.04. The van der Waals surface area contributed by atoms with Crippen molar-refractivity contribution in [3.63, 3.8) is 0 Å². The van der Waals surface area contributed by atoms with Gasteiger partial charge in [0.25, 0.3) is 0 Å². The highest BCUT2D eigenvalue weighted by molar-refractivity contribution is 5.40. The van der Waals surface area contributed by atoms with Gasteiger partial charge in [-0.05, 0) is 30.9 Å². The minimum Gasteiger partial charge on any atom is -0.363 e. The highest BCUT2D eigenvalue weighted by Crippen LogP contribution is 2.21. The number of anilines is 1. The van der Waals surface area contributed by atoms with Gasteiger partial charge in [0.2, 0.25) is 0 Å². The van der Waals surface area contributed by atoms with E-state index in [1.54, 1.807) is 0 Å². The van der Waals surface area contributed by atoms with Gasteiger partial charge < -0.3 is 5.32 Å². The summed E-state index contributed by atoms with van der Waals surface area (Å²) in [5, 5.41) is 9.84. The number of aryl methyl sites for hydroxylation is 2. The third-order valence-electron chi connectivity index (χ3n) is 2.83. The van der Waals surface area contributed by atoms with Crippen molar-refractivity contribution >= 4 is 5.82 Å². The summed E-state index contributed by atoms with van der Waals surface area (Å²) in [4.78, 5) is 8.63. The number of nitrogens with zero attached hydrogens (tertiary/aromatic N) is 3. The van der Waals surface area contributed by atoms with Gasteiger partial charge in [0.1, 0.15) is 18.0 Å². The Balaban J connectivity index is 1.71. The minimum atomic E-state index is 0.631. The Kier molecular flexibility index (Phi) is 2.29. The average Bonchev–Trinajstić information content (AvgIpc) is 2.97. The van der Waals surface area contributed by atoms with Crippen LogP contribution in [0.25, 0.3) is 0 Å². The molecule has 0 aromatic carbocycles. The van der Waals surface area contributed by atoms with Crippen molar-refractivity contribution in [2.45, 2.75) is 25.8 Å². The molecule has 0 radical (unpaired) electrons. The maximum atomic E-state index is 4.58. The van der Waals surface area contributed by atoms with Gasteiger partial charge in [0.05, 0.1) is 6.54 Å². The molecule has 0 saturated heterocycles. The van der Waals surface area contributed by atoms with Crippen molar-refractivity contribution in [1.82, 2.24) is 20.2 Å². The van der Waals surface area contributed by atoms with Crippen molar-refractivity contribution in [2.24, 2.45) is 0 Å². The molecular formula is C11H13N5. The summed E-state index contributed by atoms with van der Waals surface area (Å²) in [5.41, 5.74) is 2.63. The molecule has 2 N–H and O–H groups in total. The molecule has 3 rings (SSSR count). The Labute approximate surface area is 93.3 Å². The van der Waals surface area contributed by atoms with Crippen molar-refractivity contribution in [3.8, 4) is 0 Å². The largest absolute Gasteiger partial charge is 0.363 e. The van der Waals surface area contributed by atoms with E-state index in [4.69, 9.17) is 0 Å². The van der Waals surface area contributed by atoms with Gasteiger partial charge in [0.15, 0.2) is 0 Å². The van der Waals surface area contributed by atoms with Crippen LogP contribution in [0, 0.1) is 0 Å². The van der Waals surface area contributed by atoms with Gasteiger partial charge in [-0.15, -0.1) is 0 Å². The molecule has 16 heavy (non-hydrogen) atoms. The number of pyridine rings is 1. The first-order chi connectivity index (χ1) is 7.92. The van der Waals surface area contributed by atoms with E-state index in [0.717, 1.165) is 18.1 Å². The van der Waals surface area contributed by atoms with E-state index in [0.29, 0.717) is 6.54 Å². The number of rotatable bonds is 3. The topological polar surface area (TPSA) is 66.5 Å². The van der Waals surface area contributed by atoms with Crippen LogP contribution in [0.15, 0.2) is 18.5 Å². The SMILES string of the molecule is c1n[nH]c(CNc2ccc3c(n2)CCC3)n1. The number of fused-ring (bicyclic) bond motifs is 1. The minimum absolute atomic E-state index is 0.631. The maximum Gasteiger partial charge on any atom is 0.143 e. The number of H-pyrrole nitrogens is 1. The molecule has 82 valence electrons. The first kappa shape index (κ1) is 9.33. The van der Waals surface area contributed by atoms with Gasteiger partial charge in [-0.3, -0.25) is 5.10 Å². The highest BCUT2D eigenvalue weighted by atomic mass is 15.2. The number of nitrogens with one attached hydrogen (secondary N) is 2. The van der Waals surface area contributed by atoms with Gasteiger partial charge in [0, 0.05) is 5.69 Å². The second-order valence-corrected chi connectivity index (χ2v) is 3.94. The molecule has 2 heterocycles. The summed E-state index contributed by atoms with van der Waals surface area (Å²) in [6.45, 7) is 0.631. The summed E-state index contributed by atoms with van der Waals surface area (Å²) in [6, 6.07) is 4.19. The van der Waals surface area contributed by atoms with E-state index in [9.17, 15) is 0 Å². The molecule has 0 bridgehead atoms. The third kappa shape index (κ3) is 1.76. The van der Waals surface area contributed by atoms with Crippen LogP contribution >= 0.6 is 0 Å². The zero-order chi connectivity index (χ0) is 10.8. The van der Waals surface area contributed by atoms with E-state index >= 15 is 0 Å². The number of aromatic amines is 1. The molecule has 0 unspecified atom stereocenters. The normalized spacial score (nSPS) is 13.8. The smallest absolute Gasteiger partial charge is 0.143 e. The molecule has 0 aliphatic heterocycles. The second-order valence-electron chi connectivity index (χ2n) is 3.94. The number of hydrogen-bond acceptors (Lipinski definition) is 4. The van der Waals surface area contributed by atoms with Crippen LogP contribution in [-0.4, -0.2) is 20.2 Å². The average molecular weight is 215 g/mol. The van der Waals surface area contributed by atoms with E-state index in [1.165, 1.54) is 30.4 Å². The monoisotopic (exact) mass is 215 g/mol. The van der Waals surface area contributed by atoms with E-state index < -0.39 is 0 Å². The molecular weight excluding hydrogens is 202 g/mol. The van der Waals surface area contributed by atoms with Crippen LogP contribution in [0.2, 0.25) is 0 Å². The molecule has 2 aromatic heterocycles. The van der Waals surface area contributed by atoms with Crippen molar-refractivity contribution in [1.29, 1.82) is 0 Å². The van der Waals surface area contributed by atoms with E-state index in [1.807, 2.05) is 6.07 Å². The molecule has 0 spiro atoms. The van der Waals surface area contributed by atoms with E-state index in [2.05, 4.69) is 31.5 Å². The fraction of sp³-hybridized carbons (Fsp3) is 0.364. The Morgan fingerprint density at radius 3 is 3.19 bits per heavy atom. The molecule has 5 heteroatoms. The summed E-state index contributed by atoms with van der Waals surface area (Å²) in [6.07, 6.45) is 5.01. The van der Waals surface area contributed by atoms with Crippen molar-refractivity contribution < 1.29 is 0 Å². The molecule has 0 saturated carbocycles. The fourth-order valence-electron chi connectivity index (χ4n) is 2.01. The standard InChI is InChI=1S/C11H13N5/c1-2-8-4-5-10(15-9(8)3-1)12-6-11-13-7-14-16-11/h4-5,7H,1-3,6H2,(H,12,15)(H,13,14,16). The molecule has 0 amide bonds. The van der Waals surface area contributed by atoms with Crippen LogP contribution in [0.5, 0.6) is 0 Å². The molecule has 1 aliphatic carbocycles.